The molecule has 0 unspecified atom stereocenters. The standard InChI is InChI=1S/C24H23F2N3O3S/c1-33-12-8-22(24(31)32)28-23(30)19-6-4-16(3-2-10-29-11-9-27-15-29)13-20(19)18-7-5-17(25)14-21(18)26/h2-7,9,11,13-15,22H,8,10,12H2,1H3,(H,28,30)(H,31,32)/t22-/m0/s1. The van der Waals surface area contributed by atoms with Gasteiger partial charge in [0.2, 0.25) is 0 Å². The minimum absolute atomic E-state index is 0.0439. The summed E-state index contributed by atoms with van der Waals surface area (Å²) in [5.74, 6) is -2.79. The zero-order valence-corrected chi connectivity index (χ0v) is 18.7. The van der Waals surface area contributed by atoms with Gasteiger partial charge in [-0.25, -0.2) is 18.6 Å². The van der Waals surface area contributed by atoms with Gasteiger partial charge in [0.25, 0.3) is 5.91 Å². The molecule has 9 heteroatoms. The number of imidazole rings is 1. The molecule has 0 aliphatic heterocycles. The first-order valence-corrected chi connectivity index (χ1v) is 11.5. The number of halogens is 2. The Morgan fingerprint density at radius 3 is 2.70 bits per heavy atom. The Morgan fingerprint density at radius 1 is 1.21 bits per heavy atom. The van der Waals surface area contributed by atoms with Gasteiger partial charge >= 0.3 is 5.97 Å². The van der Waals surface area contributed by atoms with Crippen molar-refractivity contribution < 1.29 is 23.5 Å². The second-order valence-electron chi connectivity index (χ2n) is 7.24. The third kappa shape index (κ3) is 6.52. The molecule has 2 aromatic carbocycles. The highest BCUT2D eigenvalue weighted by Gasteiger charge is 2.23. The molecule has 0 fully saturated rings. The van der Waals surface area contributed by atoms with Crippen LogP contribution in [-0.4, -0.2) is 44.6 Å². The summed E-state index contributed by atoms with van der Waals surface area (Å²) in [6.45, 7) is 0.568. The molecule has 0 aliphatic carbocycles. The van der Waals surface area contributed by atoms with Crippen molar-refractivity contribution in [3.8, 4) is 11.1 Å². The third-order valence-electron chi connectivity index (χ3n) is 4.91. The number of benzene rings is 2. The quantitative estimate of drug-likeness (QED) is 0.456. The topological polar surface area (TPSA) is 84.2 Å². The van der Waals surface area contributed by atoms with E-state index in [9.17, 15) is 23.5 Å². The number of carbonyl (C=O) groups is 2. The van der Waals surface area contributed by atoms with Gasteiger partial charge in [0.05, 0.1) is 6.33 Å². The highest BCUT2D eigenvalue weighted by atomic mass is 32.2. The van der Waals surface area contributed by atoms with Crippen LogP contribution in [0.15, 0.2) is 61.2 Å². The molecule has 0 spiro atoms. The molecule has 1 heterocycles. The third-order valence-corrected chi connectivity index (χ3v) is 5.55. The molecule has 0 saturated heterocycles. The fourth-order valence-corrected chi connectivity index (χ4v) is 3.70. The van der Waals surface area contributed by atoms with E-state index < -0.39 is 29.6 Å². The smallest absolute Gasteiger partial charge is 0.326 e. The average Bonchev–Trinajstić information content (AvgIpc) is 3.30. The van der Waals surface area contributed by atoms with E-state index in [0.717, 1.165) is 12.1 Å². The Balaban J connectivity index is 1.95. The van der Waals surface area contributed by atoms with Crippen LogP contribution in [-0.2, 0) is 11.3 Å². The van der Waals surface area contributed by atoms with Crippen molar-refractivity contribution in [3.63, 3.8) is 0 Å². The monoisotopic (exact) mass is 471 g/mol. The van der Waals surface area contributed by atoms with Crippen molar-refractivity contribution >= 4 is 29.7 Å². The molecule has 1 aromatic heterocycles. The van der Waals surface area contributed by atoms with Crippen molar-refractivity contribution in [3.05, 3.63) is 84.0 Å². The number of aliphatic carboxylic acids is 1. The maximum absolute atomic E-state index is 14.6. The van der Waals surface area contributed by atoms with Gasteiger partial charge in [0.1, 0.15) is 17.7 Å². The van der Waals surface area contributed by atoms with Crippen LogP contribution < -0.4 is 5.32 Å². The van der Waals surface area contributed by atoms with E-state index in [1.807, 2.05) is 29.2 Å². The van der Waals surface area contributed by atoms with Crippen LogP contribution in [0.25, 0.3) is 17.2 Å². The van der Waals surface area contributed by atoms with Crippen molar-refractivity contribution in [1.82, 2.24) is 14.9 Å². The number of hydrogen-bond acceptors (Lipinski definition) is 4. The van der Waals surface area contributed by atoms with Crippen molar-refractivity contribution in [2.45, 2.75) is 19.0 Å². The first-order chi connectivity index (χ1) is 15.9. The van der Waals surface area contributed by atoms with E-state index in [1.165, 1.54) is 23.9 Å². The van der Waals surface area contributed by atoms with Gasteiger partial charge in [-0.1, -0.05) is 18.2 Å². The second kappa shape index (κ2) is 11.4. The van der Waals surface area contributed by atoms with Gasteiger partial charge in [-0.2, -0.15) is 11.8 Å². The number of carboxylic acid groups (broad SMARTS) is 1. The molecule has 6 nitrogen and oxygen atoms in total. The van der Waals surface area contributed by atoms with Gasteiger partial charge in [-0.05, 0) is 53.8 Å². The lowest BCUT2D eigenvalue weighted by Crippen LogP contribution is -2.41. The minimum atomic E-state index is -1.15. The van der Waals surface area contributed by atoms with Gasteiger partial charge in [0.15, 0.2) is 0 Å². The van der Waals surface area contributed by atoms with Crippen molar-refractivity contribution in [2.24, 2.45) is 0 Å². The minimum Gasteiger partial charge on any atom is -0.480 e. The molecule has 3 aromatic rings. The number of rotatable bonds is 10. The largest absolute Gasteiger partial charge is 0.480 e. The predicted octanol–water partition coefficient (Wildman–Crippen LogP) is 4.48. The van der Waals surface area contributed by atoms with Crippen LogP contribution in [0, 0.1) is 11.6 Å². The maximum atomic E-state index is 14.6. The summed E-state index contributed by atoms with van der Waals surface area (Å²) in [4.78, 5) is 28.5. The molecule has 2 N–H and O–H groups in total. The molecular weight excluding hydrogens is 448 g/mol. The number of thioether (sulfide) groups is 1. The van der Waals surface area contributed by atoms with E-state index in [0.29, 0.717) is 17.9 Å². The summed E-state index contributed by atoms with van der Waals surface area (Å²) < 4.78 is 29.9. The van der Waals surface area contributed by atoms with Crippen molar-refractivity contribution in [2.75, 3.05) is 12.0 Å². The molecule has 33 heavy (non-hydrogen) atoms. The first-order valence-electron chi connectivity index (χ1n) is 10.1. The van der Waals surface area contributed by atoms with E-state index in [2.05, 4.69) is 10.3 Å². The maximum Gasteiger partial charge on any atom is 0.326 e. The van der Waals surface area contributed by atoms with Gasteiger partial charge < -0.3 is 15.0 Å². The summed E-state index contributed by atoms with van der Waals surface area (Å²) in [7, 11) is 0. The number of allylic oxidation sites excluding steroid dienone is 1. The fraction of sp³-hybridized carbons (Fsp3) is 0.208. The van der Waals surface area contributed by atoms with Crippen LogP contribution >= 0.6 is 11.8 Å². The molecule has 1 amide bonds. The number of carbonyl (C=O) groups excluding carboxylic acids is 1. The zero-order chi connectivity index (χ0) is 23.8. The first kappa shape index (κ1) is 24.2. The molecule has 0 aliphatic rings. The summed E-state index contributed by atoms with van der Waals surface area (Å²) >= 11 is 1.47. The molecule has 0 radical (unpaired) electrons. The summed E-state index contributed by atoms with van der Waals surface area (Å²) in [5.41, 5.74) is 1.08. The van der Waals surface area contributed by atoms with Crippen LogP contribution in [0.4, 0.5) is 8.78 Å². The number of carboxylic acids is 1. The Labute approximate surface area is 194 Å². The summed E-state index contributed by atoms with van der Waals surface area (Å²) in [6, 6.07) is 6.85. The van der Waals surface area contributed by atoms with E-state index >= 15 is 0 Å². The highest BCUT2D eigenvalue weighted by molar-refractivity contribution is 7.98. The number of amides is 1. The lowest BCUT2D eigenvalue weighted by molar-refractivity contribution is -0.139. The lowest BCUT2D eigenvalue weighted by Gasteiger charge is -2.17. The number of nitrogens with one attached hydrogen (secondary N) is 1. The Hall–Kier alpha value is -3.46. The lowest BCUT2D eigenvalue weighted by atomic mass is 9.95. The predicted molar refractivity (Wildman–Crippen MR) is 125 cm³/mol. The molecular formula is C24H23F2N3O3S. The number of nitrogens with zero attached hydrogens (tertiary/aromatic N) is 2. The number of hydrogen-bond donors (Lipinski definition) is 2. The van der Waals surface area contributed by atoms with Gasteiger partial charge in [-0.15, -0.1) is 0 Å². The molecule has 0 bridgehead atoms. The Kier molecular flexibility index (Phi) is 8.37. The zero-order valence-electron chi connectivity index (χ0n) is 17.9. The van der Waals surface area contributed by atoms with Crippen LogP contribution in [0.5, 0.6) is 0 Å². The van der Waals surface area contributed by atoms with Crippen molar-refractivity contribution in [1.29, 1.82) is 0 Å². The van der Waals surface area contributed by atoms with Crippen LogP contribution in [0.2, 0.25) is 0 Å². The van der Waals surface area contributed by atoms with E-state index in [4.69, 9.17) is 0 Å². The van der Waals surface area contributed by atoms with E-state index in [1.54, 1.807) is 24.7 Å². The highest BCUT2D eigenvalue weighted by Crippen LogP contribution is 2.29. The Morgan fingerprint density at radius 2 is 2.03 bits per heavy atom. The second-order valence-corrected chi connectivity index (χ2v) is 8.22. The summed E-state index contributed by atoms with van der Waals surface area (Å²) in [6.07, 6.45) is 10.9. The van der Waals surface area contributed by atoms with Gasteiger partial charge in [0, 0.05) is 36.1 Å². The molecule has 172 valence electrons. The SMILES string of the molecule is CSCC[C@H](NC(=O)c1ccc(C=CCn2ccnc2)cc1-c1ccc(F)cc1F)C(=O)O. The Bertz CT molecular complexity index is 1150. The number of aromatic nitrogens is 2. The molecule has 3 rings (SSSR count). The van der Waals surface area contributed by atoms with Crippen LogP contribution in [0.3, 0.4) is 0 Å². The van der Waals surface area contributed by atoms with Crippen LogP contribution in [0.1, 0.15) is 22.3 Å². The summed E-state index contributed by atoms with van der Waals surface area (Å²) in [5, 5.41) is 11.9. The fourth-order valence-electron chi connectivity index (χ4n) is 3.23. The van der Waals surface area contributed by atoms with E-state index in [-0.39, 0.29) is 23.1 Å². The van der Waals surface area contributed by atoms with Gasteiger partial charge in [-0.3, -0.25) is 4.79 Å². The molecule has 1 atom stereocenters. The molecule has 0 saturated carbocycles. The normalized spacial score (nSPS) is 12.1. The average molecular weight is 472 g/mol.